The quantitative estimate of drug-likeness (QED) is 0.752. The summed E-state index contributed by atoms with van der Waals surface area (Å²) < 4.78 is 7.40. The molecule has 1 atom stereocenters. The first-order valence-corrected chi connectivity index (χ1v) is 5.59. The van der Waals surface area contributed by atoms with Gasteiger partial charge in [0, 0.05) is 26.0 Å². The molecule has 86 valence electrons. The SMILES string of the molecule is CCCC(COC)n1ccnc1NCC. The predicted octanol–water partition coefficient (Wildman–Crippen LogP) is 2.30. The first-order valence-electron chi connectivity index (χ1n) is 5.59. The maximum absolute atomic E-state index is 5.24. The molecule has 0 saturated heterocycles. The van der Waals surface area contributed by atoms with Crippen LogP contribution in [0.4, 0.5) is 5.95 Å². The molecule has 1 aromatic rings. The van der Waals surface area contributed by atoms with Gasteiger partial charge in [-0.25, -0.2) is 4.98 Å². The average molecular weight is 211 g/mol. The zero-order valence-corrected chi connectivity index (χ0v) is 9.86. The van der Waals surface area contributed by atoms with E-state index in [1.165, 1.54) is 0 Å². The zero-order valence-electron chi connectivity index (χ0n) is 9.86. The number of rotatable bonds is 7. The number of hydrogen-bond donors (Lipinski definition) is 1. The number of nitrogens with one attached hydrogen (secondary N) is 1. The molecule has 1 N–H and O–H groups in total. The van der Waals surface area contributed by atoms with Crippen LogP contribution in [-0.4, -0.2) is 29.8 Å². The summed E-state index contributed by atoms with van der Waals surface area (Å²) >= 11 is 0. The summed E-state index contributed by atoms with van der Waals surface area (Å²) in [6, 6.07) is 0.386. The van der Waals surface area contributed by atoms with Gasteiger partial charge in [-0.1, -0.05) is 13.3 Å². The Morgan fingerprint density at radius 1 is 1.53 bits per heavy atom. The molecule has 1 unspecified atom stereocenters. The summed E-state index contributed by atoms with van der Waals surface area (Å²) in [7, 11) is 1.74. The van der Waals surface area contributed by atoms with Crippen molar-refractivity contribution in [2.45, 2.75) is 32.7 Å². The number of hydrogen-bond acceptors (Lipinski definition) is 3. The fourth-order valence-corrected chi connectivity index (χ4v) is 1.73. The van der Waals surface area contributed by atoms with E-state index in [1.54, 1.807) is 7.11 Å². The minimum Gasteiger partial charge on any atom is -0.383 e. The molecule has 0 aliphatic heterocycles. The molecular weight excluding hydrogens is 190 g/mol. The van der Waals surface area contributed by atoms with E-state index in [2.05, 4.69) is 28.7 Å². The Labute approximate surface area is 91.7 Å². The van der Waals surface area contributed by atoms with Gasteiger partial charge in [-0.3, -0.25) is 0 Å². The average Bonchev–Trinajstić information content (AvgIpc) is 2.66. The number of ether oxygens (including phenoxy) is 1. The van der Waals surface area contributed by atoms with Gasteiger partial charge in [0.1, 0.15) is 0 Å². The van der Waals surface area contributed by atoms with Crippen molar-refractivity contribution < 1.29 is 4.74 Å². The maximum Gasteiger partial charge on any atom is 0.203 e. The summed E-state index contributed by atoms with van der Waals surface area (Å²) in [6.45, 7) is 5.89. The van der Waals surface area contributed by atoms with Gasteiger partial charge in [-0.2, -0.15) is 0 Å². The molecule has 0 saturated carbocycles. The second-order valence-electron chi connectivity index (χ2n) is 3.59. The van der Waals surface area contributed by atoms with Gasteiger partial charge in [0.2, 0.25) is 5.95 Å². The number of imidazole rings is 1. The minimum atomic E-state index is 0.386. The Morgan fingerprint density at radius 2 is 2.33 bits per heavy atom. The van der Waals surface area contributed by atoms with Crippen LogP contribution < -0.4 is 5.32 Å². The van der Waals surface area contributed by atoms with Crippen LogP contribution in [0.25, 0.3) is 0 Å². The van der Waals surface area contributed by atoms with Gasteiger partial charge in [0.05, 0.1) is 12.6 Å². The molecule has 1 aromatic heterocycles. The molecule has 0 aromatic carbocycles. The first-order chi connectivity index (χ1) is 7.33. The van der Waals surface area contributed by atoms with Crippen molar-refractivity contribution >= 4 is 5.95 Å². The van der Waals surface area contributed by atoms with Gasteiger partial charge < -0.3 is 14.6 Å². The van der Waals surface area contributed by atoms with Crippen LogP contribution >= 0.6 is 0 Å². The van der Waals surface area contributed by atoms with Gasteiger partial charge in [0.25, 0.3) is 0 Å². The van der Waals surface area contributed by atoms with E-state index in [9.17, 15) is 0 Å². The molecule has 0 spiro atoms. The van der Waals surface area contributed by atoms with Crippen molar-refractivity contribution in [3.8, 4) is 0 Å². The third-order valence-electron chi connectivity index (χ3n) is 2.38. The number of anilines is 1. The highest BCUT2D eigenvalue weighted by atomic mass is 16.5. The zero-order chi connectivity index (χ0) is 11.1. The number of aromatic nitrogens is 2. The summed E-state index contributed by atoms with van der Waals surface area (Å²) in [5, 5.41) is 3.25. The predicted molar refractivity (Wildman–Crippen MR) is 62.2 cm³/mol. The molecule has 15 heavy (non-hydrogen) atoms. The third-order valence-corrected chi connectivity index (χ3v) is 2.38. The number of methoxy groups -OCH3 is 1. The Kier molecular flexibility index (Phi) is 5.18. The van der Waals surface area contributed by atoms with Crippen LogP contribution in [0.2, 0.25) is 0 Å². The van der Waals surface area contributed by atoms with Crippen molar-refractivity contribution in [3.05, 3.63) is 12.4 Å². The van der Waals surface area contributed by atoms with Crippen LogP contribution in [0.3, 0.4) is 0 Å². The molecule has 0 aliphatic carbocycles. The van der Waals surface area contributed by atoms with Crippen LogP contribution in [-0.2, 0) is 4.74 Å². The van der Waals surface area contributed by atoms with E-state index in [-0.39, 0.29) is 0 Å². The normalized spacial score (nSPS) is 12.7. The smallest absolute Gasteiger partial charge is 0.203 e. The Morgan fingerprint density at radius 3 is 2.93 bits per heavy atom. The van der Waals surface area contributed by atoms with E-state index in [4.69, 9.17) is 4.74 Å². The monoisotopic (exact) mass is 211 g/mol. The van der Waals surface area contributed by atoms with Gasteiger partial charge >= 0.3 is 0 Å². The van der Waals surface area contributed by atoms with Gasteiger partial charge in [-0.05, 0) is 13.3 Å². The fourth-order valence-electron chi connectivity index (χ4n) is 1.73. The lowest BCUT2D eigenvalue weighted by Gasteiger charge is -2.19. The second kappa shape index (κ2) is 6.45. The maximum atomic E-state index is 5.24. The number of nitrogens with zero attached hydrogens (tertiary/aromatic N) is 2. The molecule has 0 fully saturated rings. The molecular formula is C11H21N3O. The summed E-state index contributed by atoms with van der Waals surface area (Å²) in [6.07, 6.45) is 6.11. The van der Waals surface area contributed by atoms with Crippen LogP contribution in [0.5, 0.6) is 0 Å². The highest BCUT2D eigenvalue weighted by Crippen LogP contribution is 2.18. The summed E-state index contributed by atoms with van der Waals surface area (Å²) in [4.78, 5) is 4.29. The second-order valence-corrected chi connectivity index (χ2v) is 3.59. The van der Waals surface area contributed by atoms with Crippen LogP contribution in [0.1, 0.15) is 32.7 Å². The molecule has 0 aliphatic rings. The Balaban J connectivity index is 2.74. The van der Waals surface area contributed by atoms with Crippen LogP contribution in [0.15, 0.2) is 12.4 Å². The van der Waals surface area contributed by atoms with E-state index in [0.717, 1.165) is 31.9 Å². The van der Waals surface area contributed by atoms with E-state index in [0.29, 0.717) is 6.04 Å². The molecule has 4 nitrogen and oxygen atoms in total. The van der Waals surface area contributed by atoms with Gasteiger partial charge in [0.15, 0.2) is 0 Å². The molecule has 1 heterocycles. The summed E-state index contributed by atoms with van der Waals surface area (Å²) in [5.74, 6) is 0.938. The molecule has 0 bridgehead atoms. The molecule has 1 rings (SSSR count). The lowest BCUT2D eigenvalue weighted by atomic mass is 10.2. The largest absolute Gasteiger partial charge is 0.383 e. The molecule has 0 radical (unpaired) electrons. The standard InChI is InChI=1S/C11H21N3O/c1-4-6-10(9-15-3)14-8-7-13-11(14)12-5-2/h7-8,10H,4-6,9H2,1-3H3,(H,12,13). The third kappa shape index (κ3) is 3.23. The Bertz CT molecular complexity index is 267. The van der Waals surface area contributed by atoms with Gasteiger partial charge in [-0.15, -0.1) is 0 Å². The van der Waals surface area contributed by atoms with Crippen molar-refractivity contribution in [2.24, 2.45) is 0 Å². The highest BCUT2D eigenvalue weighted by Gasteiger charge is 2.12. The van der Waals surface area contributed by atoms with E-state index < -0.39 is 0 Å². The first kappa shape index (κ1) is 12.0. The minimum absolute atomic E-state index is 0.386. The van der Waals surface area contributed by atoms with Crippen molar-refractivity contribution in [1.29, 1.82) is 0 Å². The molecule has 0 amide bonds. The lowest BCUT2D eigenvalue weighted by molar-refractivity contribution is 0.151. The van der Waals surface area contributed by atoms with Crippen molar-refractivity contribution in [1.82, 2.24) is 9.55 Å². The van der Waals surface area contributed by atoms with Crippen LogP contribution in [0, 0.1) is 0 Å². The Hall–Kier alpha value is -1.03. The van der Waals surface area contributed by atoms with Crippen molar-refractivity contribution in [3.63, 3.8) is 0 Å². The molecule has 4 heteroatoms. The highest BCUT2D eigenvalue weighted by molar-refractivity contribution is 5.26. The fraction of sp³-hybridized carbons (Fsp3) is 0.727. The summed E-state index contributed by atoms with van der Waals surface area (Å²) in [5.41, 5.74) is 0. The van der Waals surface area contributed by atoms with Crippen molar-refractivity contribution in [2.75, 3.05) is 25.6 Å². The van der Waals surface area contributed by atoms with E-state index in [1.807, 2.05) is 12.4 Å². The topological polar surface area (TPSA) is 39.1 Å². The van der Waals surface area contributed by atoms with E-state index >= 15 is 0 Å². The lowest BCUT2D eigenvalue weighted by Crippen LogP contribution is -2.17.